The van der Waals surface area contributed by atoms with E-state index < -0.39 is 0 Å². The van der Waals surface area contributed by atoms with Gasteiger partial charge in [-0.1, -0.05) is 6.92 Å². The van der Waals surface area contributed by atoms with Crippen LogP contribution in [-0.2, 0) is 4.74 Å². The van der Waals surface area contributed by atoms with Crippen molar-refractivity contribution in [2.45, 2.75) is 76.9 Å². The third kappa shape index (κ3) is 2.91. The number of methoxy groups -OCH3 is 1. The molecular weight excluding hydrogens is 374 g/mol. The molecule has 4 saturated carbocycles. The summed E-state index contributed by atoms with van der Waals surface area (Å²) >= 11 is 0. The first kappa shape index (κ1) is 20.4. The summed E-state index contributed by atoms with van der Waals surface area (Å²) in [5.74, 6) is 2.57. The minimum atomic E-state index is -0.158. The Morgan fingerprint density at radius 1 is 1.04 bits per heavy atom. The minimum Gasteiger partial charge on any atom is -0.854 e. The van der Waals surface area contributed by atoms with Crippen LogP contribution in [0.1, 0.15) is 64.7 Å². The van der Waals surface area contributed by atoms with E-state index in [0.29, 0.717) is 23.4 Å². The molecule has 3 nitrogen and oxygen atoms in total. The summed E-state index contributed by atoms with van der Waals surface area (Å²) in [6.07, 6.45) is 10.4. The Hall–Kier alpha value is 1.69. The van der Waals surface area contributed by atoms with Crippen LogP contribution >= 0.6 is 0 Å². The zero-order chi connectivity index (χ0) is 16.2. The van der Waals surface area contributed by atoms with Gasteiger partial charge < -0.3 is 14.9 Å². The summed E-state index contributed by atoms with van der Waals surface area (Å²) < 4.78 is 5.84. The van der Waals surface area contributed by atoms with Crippen LogP contribution in [0.3, 0.4) is 0 Å². The Bertz CT molecular complexity index is 458. The molecule has 24 heavy (non-hydrogen) atoms. The van der Waals surface area contributed by atoms with Crippen molar-refractivity contribution in [3.05, 3.63) is 0 Å². The first-order valence-corrected chi connectivity index (χ1v) is 9.84. The molecule has 132 valence electrons. The molecule has 0 radical (unpaired) electrons. The standard InChI is InChI=1S/C20H33O3.Rb/c1-19-9-8-17-15(16(19)5-6-18(19)23-2)4-3-13-11-14(22)7-10-20(13,17)12-21;/h13-18,22H,3-12H2,1-2H3;/q-1;+1/t13?,14-,15?,16?,17+,18+,19?,20?;/m1./s1. The first-order chi connectivity index (χ1) is 11.0. The largest absolute Gasteiger partial charge is 1.00 e. The van der Waals surface area contributed by atoms with E-state index in [-0.39, 0.29) is 76.3 Å². The minimum absolute atomic E-state index is 0. The third-order valence-corrected chi connectivity index (χ3v) is 8.80. The molecular formula is C20H33O3Rb. The second kappa shape index (κ2) is 7.60. The molecule has 0 saturated heterocycles. The van der Waals surface area contributed by atoms with Gasteiger partial charge in [-0.15, -0.1) is 6.61 Å². The maximum absolute atomic E-state index is 12.4. The molecule has 0 aromatic rings. The van der Waals surface area contributed by atoms with E-state index in [2.05, 4.69) is 6.92 Å². The van der Waals surface area contributed by atoms with E-state index in [0.717, 1.165) is 31.1 Å². The molecule has 4 aliphatic carbocycles. The molecule has 0 amide bonds. The Kier molecular flexibility index (Phi) is 6.47. The number of rotatable bonds is 2. The molecule has 0 heterocycles. The zero-order valence-electron chi connectivity index (χ0n) is 15.8. The van der Waals surface area contributed by atoms with Gasteiger partial charge in [-0.25, -0.2) is 0 Å². The van der Waals surface area contributed by atoms with E-state index in [4.69, 9.17) is 4.74 Å². The quantitative estimate of drug-likeness (QED) is 0.688. The number of hydrogen-bond donors (Lipinski definition) is 1. The van der Waals surface area contributed by atoms with Crippen LogP contribution in [0.5, 0.6) is 0 Å². The van der Waals surface area contributed by atoms with Crippen LogP contribution in [0.25, 0.3) is 0 Å². The zero-order valence-corrected chi connectivity index (χ0v) is 20.7. The fourth-order valence-corrected chi connectivity index (χ4v) is 7.65. The van der Waals surface area contributed by atoms with Crippen molar-refractivity contribution in [3.63, 3.8) is 0 Å². The molecule has 4 fully saturated rings. The monoisotopic (exact) mass is 406 g/mol. The molecule has 4 heteroatoms. The average Bonchev–Trinajstić information content (AvgIpc) is 2.90. The smallest absolute Gasteiger partial charge is 0.854 e. The number of aliphatic hydroxyl groups is 1. The Labute approximate surface area is 196 Å². The van der Waals surface area contributed by atoms with E-state index in [9.17, 15) is 10.2 Å². The Morgan fingerprint density at radius 2 is 1.83 bits per heavy atom. The summed E-state index contributed by atoms with van der Waals surface area (Å²) in [5.41, 5.74) is 0.329. The molecule has 4 aliphatic rings. The molecule has 4 rings (SSSR count). The molecule has 0 aromatic heterocycles. The fourth-order valence-electron chi connectivity index (χ4n) is 7.65. The van der Waals surface area contributed by atoms with Gasteiger partial charge in [0.1, 0.15) is 0 Å². The molecule has 5 unspecified atom stereocenters. The molecule has 0 bridgehead atoms. The number of hydrogen-bond acceptors (Lipinski definition) is 3. The Balaban J connectivity index is 0.00000169. The van der Waals surface area contributed by atoms with E-state index in [1.54, 1.807) is 0 Å². The molecule has 0 aliphatic heterocycles. The molecule has 8 atom stereocenters. The number of aliphatic hydroxyl groups excluding tert-OH is 1. The van der Waals surface area contributed by atoms with Crippen molar-refractivity contribution >= 4 is 0 Å². The second-order valence-corrected chi connectivity index (χ2v) is 9.30. The second-order valence-electron chi connectivity index (χ2n) is 9.30. The summed E-state index contributed by atoms with van der Waals surface area (Å²) in [4.78, 5) is 0. The number of fused-ring (bicyclic) bond motifs is 5. The van der Waals surface area contributed by atoms with Crippen molar-refractivity contribution in [1.82, 2.24) is 0 Å². The van der Waals surface area contributed by atoms with Crippen molar-refractivity contribution in [3.8, 4) is 0 Å². The van der Waals surface area contributed by atoms with E-state index in [1.165, 1.54) is 38.5 Å². The van der Waals surface area contributed by atoms with E-state index in [1.807, 2.05) is 7.11 Å². The summed E-state index contributed by atoms with van der Waals surface area (Å²) in [5, 5.41) is 22.5. The predicted octanol–water partition coefficient (Wildman–Crippen LogP) is -0.251. The van der Waals surface area contributed by atoms with Gasteiger partial charge in [0.2, 0.25) is 0 Å². The van der Waals surface area contributed by atoms with Gasteiger partial charge in [0.15, 0.2) is 0 Å². The Morgan fingerprint density at radius 3 is 2.54 bits per heavy atom. The summed E-state index contributed by atoms with van der Waals surface area (Å²) in [6, 6.07) is 0. The van der Waals surface area contributed by atoms with Crippen LogP contribution in [-0.4, -0.2) is 31.0 Å². The molecule has 0 spiro atoms. The SMILES string of the molecule is CO[C@H]1CCC2C3CCC4C[C@H](O)CCC4(C[O-])[C@H]3CCC21C.[Rb+]. The van der Waals surface area contributed by atoms with E-state index >= 15 is 0 Å². The van der Waals surface area contributed by atoms with Crippen molar-refractivity contribution < 1.29 is 73.1 Å². The van der Waals surface area contributed by atoms with Gasteiger partial charge in [-0.3, -0.25) is 0 Å². The molecule has 0 aromatic carbocycles. The predicted molar refractivity (Wildman–Crippen MR) is 87.7 cm³/mol. The van der Waals surface area contributed by atoms with Crippen LogP contribution in [0.4, 0.5) is 0 Å². The van der Waals surface area contributed by atoms with Crippen LogP contribution in [0.15, 0.2) is 0 Å². The fraction of sp³-hybridized carbons (Fsp3) is 1.00. The van der Waals surface area contributed by atoms with Gasteiger partial charge in [0.05, 0.1) is 12.2 Å². The van der Waals surface area contributed by atoms with Crippen LogP contribution in [0, 0.1) is 34.5 Å². The molecule has 1 N–H and O–H groups in total. The van der Waals surface area contributed by atoms with Gasteiger partial charge >= 0.3 is 58.2 Å². The topological polar surface area (TPSA) is 52.5 Å². The maximum Gasteiger partial charge on any atom is 1.00 e. The normalized spacial score (nSPS) is 53.5. The van der Waals surface area contributed by atoms with Crippen molar-refractivity contribution in [2.24, 2.45) is 34.5 Å². The third-order valence-electron chi connectivity index (χ3n) is 8.80. The van der Waals surface area contributed by atoms with Crippen molar-refractivity contribution in [2.75, 3.05) is 13.7 Å². The first-order valence-electron chi connectivity index (χ1n) is 9.84. The van der Waals surface area contributed by atoms with Gasteiger partial charge in [0.25, 0.3) is 0 Å². The average molecular weight is 407 g/mol. The summed E-state index contributed by atoms with van der Waals surface area (Å²) in [7, 11) is 1.88. The number of ether oxygens (including phenoxy) is 1. The van der Waals surface area contributed by atoms with Gasteiger partial charge in [0, 0.05) is 7.11 Å². The van der Waals surface area contributed by atoms with Crippen LogP contribution in [0.2, 0.25) is 0 Å². The van der Waals surface area contributed by atoms with Crippen molar-refractivity contribution in [1.29, 1.82) is 0 Å². The van der Waals surface area contributed by atoms with Crippen LogP contribution < -0.4 is 63.3 Å². The van der Waals surface area contributed by atoms with Gasteiger partial charge in [-0.05, 0) is 92.3 Å². The maximum atomic E-state index is 12.4. The summed E-state index contributed by atoms with van der Waals surface area (Å²) in [6.45, 7) is 2.54. The van der Waals surface area contributed by atoms with Gasteiger partial charge in [-0.2, -0.15) is 0 Å².